The van der Waals surface area contributed by atoms with Crippen LogP contribution in [-0.2, 0) is 4.79 Å². The highest BCUT2D eigenvalue weighted by Gasteiger charge is 2.25. The maximum atomic E-state index is 12.1. The number of amides is 2. The lowest BCUT2D eigenvalue weighted by atomic mass is 9.84. The summed E-state index contributed by atoms with van der Waals surface area (Å²) in [5.74, 6) is -1.47. The van der Waals surface area contributed by atoms with Gasteiger partial charge in [-0.05, 0) is 24.0 Å². The Morgan fingerprint density at radius 1 is 1.24 bits per heavy atom. The van der Waals surface area contributed by atoms with Gasteiger partial charge < -0.3 is 10.4 Å². The van der Waals surface area contributed by atoms with Gasteiger partial charge in [-0.3, -0.25) is 9.69 Å². The Hall–Kier alpha value is -2.04. The van der Waals surface area contributed by atoms with E-state index >= 15 is 0 Å². The summed E-state index contributed by atoms with van der Waals surface area (Å²) in [7, 11) is 1.66. The molecule has 1 atom stereocenters. The molecule has 5 nitrogen and oxygen atoms in total. The van der Waals surface area contributed by atoms with Crippen LogP contribution in [0.2, 0.25) is 0 Å². The number of nitrogens with one attached hydrogen (secondary N) is 1. The minimum absolute atomic E-state index is 0.0981. The van der Waals surface area contributed by atoms with Crippen LogP contribution in [0.3, 0.4) is 0 Å². The van der Waals surface area contributed by atoms with Crippen molar-refractivity contribution in [3.05, 3.63) is 30.3 Å². The number of nitrogens with zero attached hydrogens (tertiary/aromatic N) is 1. The number of anilines is 1. The topological polar surface area (TPSA) is 69.6 Å². The van der Waals surface area contributed by atoms with E-state index in [4.69, 9.17) is 0 Å². The quantitative estimate of drug-likeness (QED) is 0.876. The van der Waals surface area contributed by atoms with E-state index in [0.29, 0.717) is 6.42 Å². The highest BCUT2D eigenvalue weighted by atomic mass is 16.4. The van der Waals surface area contributed by atoms with Crippen molar-refractivity contribution >= 4 is 17.7 Å². The molecule has 0 aromatic heterocycles. The first kappa shape index (κ1) is 17.0. The maximum Gasteiger partial charge on any atom is 0.321 e. The Labute approximate surface area is 126 Å². The number of urea groups is 1. The van der Waals surface area contributed by atoms with Crippen LogP contribution in [0.1, 0.15) is 27.2 Å². The van der Waals surface area contributed by atoms with E-state index in [1.54, 1.807) is 7.05 Å². The van der Waals surface area contributed by atoms with Crippen molar-refractivity contribution in [3.8, 4) is 0 Å². The molecule has 1 rings (SSSR count). The van der Waals surface area contributed by atoms with Gasteiger partial charge in [0.1, 0.15) is 0 Å². The van der Waals surface area contributed by atoms with Gasteiger partial charge in [-0.15, -0.1) is 0 Å². The van der Waals surface area contributed by atoms with Crippen molar-refractivity contribution < 1.29 is 14.7 Å². The van der Waals surface area contributed by atoms with E-state index in [9.17, 15) is 14.7 Å². The first-order chi connectivity index (χ1) is 9.70. The SMILES string of the molecule is CN(C(=O)NCC(CC(C)(C)C)C(=O)O)c1ccccc1. The van der Waals surface area contributed by atoms with Crippen molar-refractivity contribution in [2.24, 2.45) is 11.3 Å². The van der Waals surface area contributed by atoms with Crippen LogP contribution in [0.4, 0.5) is 10.5 Å². The van der Waals surface area contributed by atoms with Crippen LogP contribution < -0.4 is 10.2 Å². The van der Waals surface area contributed by atoms with Crippen molar-refractivity contribution in [1.29, 1.82) is 0 Å². The standard InChI is InChI=1S/C16H24N2O3/c1-16(2,3)10-12(14(19)20)11-17-15(21)18(4)13-8-6-5-7-9-13/h5-9,12H,10-11H2,1-4H3,(H,17,21)(H,19,20). The number of benzene rings is 1. The fraction of sp³-hybridized carbons (Fsp3) is 0.500. The number of carbonyl (C=O) groups excluding carboxylic acids is 1. The first-order valence-electron chi connectivity index (χ1n) is 7.00. The van der Waals surface area contributed by atoms with Gasteiger partial charge in [-0.25, -0.2) is 4.79 Å². The van der Waals surface area contributed by atoms with Crippen molar-refractivity contribution in [2.75, 3.05) is 18.5 Å². The Balaban J connectivity index is 2.59. The number of carbonyl (C=O) groups is 2. The number of hydrogen-bond donors (Lipinski definition) is 2. The first-order valence-corrected chi connectivity index (χ1v) is 7.00. The monoisotopic (exact) mass is 292 g/mol. The van der Waals surface area contributed by atoms with Crippen LogP contribution in [0.15, 0.2) is 30.3 Å². The average Bonchev–Trinajstić information content (AvgIpc) is 2.41. The molecule has 1 aromatic carbocycles. The molecule has 0 aliphatic heterocycles. The molecule has 0 radical (unpaired) electrons. The zero-order valence-electron chi connectivity index (χ0n) is 13.1. The summed E-state index contributed by atoms with van der Waals surface area (Å²) in [6.07, 6.45) is 0.512. The van der Waals surface area contributed by atoms with E-state index < -0.39 is 11.9 Å². The predicted molar refractivity (Wildman–Crippen MR) is 83.4 cm³/mol. The summed E-state index contributed by atoms with van der Waals surface area (Å²) in [4.78, 5) is 24.8. The second-order valence-corrected chi connectivity index (χ2v) is 6.38. The van der Waals surface area contributed by atoms with Gasteiger partial charge >= 0.3 is 12.0 Å². The lowest BCUT2D eigenvalue weighted by molar-refractivity contribution is -0.142. The predicted octanol–water partition coefficient (Wildman–Crippen LogP) is 2.97. The molecule has 1 unspecified atom stereocenters. The fourth-order valence-electron chi connectivity index (χ4n) is 2.08. The normalized spacial score (nSPS) is 12.6. The van der Waals surface area contributed by atoms with Crippen LogP contribution in [-0.4, -0.2) is 30.7 Å². The minimum Gasteiger partial charge on any atom is -0.481 e. The average molecular weight is 292 g/mol. The molecular weight excluding hydrogens is 268 g/mol. The van der Waals surface area contributed by atoms with E-state index in [2.05, 4.69) is 5.32 Å². The third kappa shape index (κ3) is 5.85. The second-order valence-electron chi connectivity index (χ2n) is 6.38. The third-order valence-corrected chi connectivity index (χ3v) is 3.16. The van der Waals surface area contributed by atoms with Crippen LogP contribution in [0.25, 0.3) is 0 Å². The second kappa shape index (κ2) is 7.11. The van der Waals surface area contributed by atoms with Crippen LogP contribution >= 0.6 is 0 Å². The third-order valence-electron chi connectivity index (χ3n) is 3.16. The molecule has 0 bridgehead atoms. The van der Waals surface area contributed by atoms with Gasteiger partial charge in [0.2, 0.25) is 0 Å². The molecule has 2 amide bonds. The van der Waals surface area contributed by atoms with E-state index in [1.165, 1.54) is 4.90 Å². The number of hydrogen-bond acceptors (Lipinski definition) is 2. The van der Waals surface area contributed by atoms with Gasteiger partial charge in [0.25, 0.3) is 0 Å². The summed E-state index contributed by atoms with van der Waals surface area (Å²) < 4.78 is 0. The highest BCUT2D eigenvalue weighted by Crippen LogP contribution is 2.24. The molecule has 0 aliphatic carbocycles. The Morgan fingerprint density at radius 2 is 1.81 bits per heavy atom. The molecule has 0 saturated carbocycles. The van der Waals surface area contributed by atoms with Gasteiger partial charge in [0.05, 0.1) is 5.92 Å². The summed E-state index contributed by atoms with van der Waals surface area (Å²) in [5.41, 5.74) is 0.664. The lowest BCUT2D eigenvalue weighted by Crippen LogP contribution is -2.41. The van der Waals surface area contributed by atoms with E-state index in [-0.39, 0.29) is 18.0 Å². The summed E-state index contributed by atoms with van der Waals surface area (Å²) >= 11 is 0. The zero-order valence-corrected chi connectivity index (χ0v) is 13.1. The molecule has 116 valence electrons. The zero-order chi connectivity index (χ0) is 16.0. The highest BCUT2D eigenvalue weighted by molar-refractivity contribution is 5.91. The number of carboxylic acid groups (broad SMARTS) is 1. The Bertz CT molecular complexity index is 480. The summed E-state index contributed by atoms with van der Waals surface area (Å²) in [6, 6.07) is 8.91. The molecule has 0 heterocycles. The molecule has 21 heavy (non-hydrogen) atoms. The number of aliphatic carboxylic acids is 1. The lowest BCUT2D eigenvalue weighted by Gasteiger charge is -2.24. The maximum absolute atomic E-state index is 12.1. The smallest absolute Gasteiger partial charge is 0.321 e. The summed E-state index contributed by atoms with van der Waals surface area (Å²) in [5, 5.41) is 11.9. The van der Waals surface area contributed by atoms with Gasteiger partial charge in [-0.1, -0.05) is 39.0 Å². The van der Waals surface area contributed by atoms with E-state index in [1.807, 2.05) is 51.1 Å². The van der Waals surface area contributed by atoms with Crippen molar-refractivity contribution in [1.82, 2.24) is 5.32 Å². The van der Waals surface area contributed by atoms with Gasteiger partial charge in [0, 0.05) is 19.3 Å². The van der Waals surface area contributed by atoms with Gasteiger partial charge in [0.15, 0.2) is 0 Å². The van der Waals surface area contributed by atoms with Gasteiger partial charge in [-0.2, -0.15) is 0 Å². The molecule has 0 spiro atoms. The largest absolute Gasteiger partial charge is 0.481 e. The Kier molecular flexibility index (Phi) is 5.76. The number of rotatable bonds is 5. The minimum atomic E-state index is -0.882. The molecule has 1 aromatic rings. The summed E-state index contributed by atoms with van der Waals surface area (Å²) in [6.45, 7) is 6.09. The molecule has 0 aliphatic rings. The Morgan fingerprint density at radius 3 is 2.29 bits per heavy atom. The van der Waals surface area contributed by atoms with Crippen LogP contribution in [0, 0.1) is 11.3 Å². The molecular formula is C16H24N2O3. The fourth-order valence-corrected chi connectivity index (χ4v) is 2.08. The molecule has 0 fully saturated rings. The molecule has 0 saturated heterocycles. The molecule has 2 N–H and O–H groups in total. The van der Waals surface area contributed by atoms with E-state index in [0.717, 1.165) is 5.69 Å². The molecule has 5 heteroatoms. The number of carboxylic acids is 1. The van der Waals surface area contributed by atoms with Crippen molar-refractivity contribution in [3.63, 3.8) is 0 Å². The van der Waals surface area contributed by atoms with Crippen molar-refractivity contribution in [2.45, 2.75) is 27.2 Å². The number of para-hydroxylation sites is 1. The van der Waals surface area contributed by atoms with Crippen LogP contribution in [0.5, 0.6) is 0 Å².